The molecule has 2 N–H and O–H groups in total. The minimum Gasteiger partial charge on any atom is -0.380 e. The average Bonchev–Trinajstić information content (AvgIpc) is 2.84. The number of nitrogens with two attached hydrogens (primary N) is 1. The van der Waals surface area contributed by atoms with Crippen molar-refractivity contribution in [3.63, 3.8) is 0 Å². The minimum absolute atomic E-state index is 0.496. The van der Waals surface area contributed by atoms with Gasteiger partial charge in [-0.05, 0) is 37.2 Å². The molecule has 0 aliphatic heterocycles. The van der Waals surface area contributed by atoms with Crippen molar-refractivity contribution < 1.29 is 4.52 Å². The molecule has 2 atom stereocenters. The third-order valence-corrected chi connectivity index (χ3v) is 5.19. The smallest absolute Gasteiger partial charge is 0.175 e. The summed E-state index contributed by atoms with van der Waals surface area (Å²) in [4.78, 5) is 0. The van der Waals surface area contributed by atoms with Crippen molar-refractivity contribution in [3.8, 4) is 11.1 Å². The number of halogens is 1. The van der Waals surface area contributed by atoms with E-state index in [9.17, 15) is 0 Å². The van der Waals surface area contributed by atoms with Crippen LogP contribution in [0.15, 0.2) is 33.3 Å². The Morgan fingerprint density at radius 2 is 1.89 bits per heavy atom. The van der Waals surface area contributed by atoms with E-state index < -0.39 is 0 Å². The van der Waals surface area contributed by atoms with Crippen molar-refractivity contribution in [2.45, 2.75) is 25.2 Å². The molecule has 0 saturated heterocycles. The predicted octanol–water partition coefficient (Wildman–Crippen LogP) is 4.20. The van der Waals surface area contributed by atoms with E-state index in [-0.39, 0.29) is 0 Å². The summed E-state index contributed by atoms with van der Waals surface area (Å²) < 4.78 is 6.60. The van der Waals surface area contributed by atoms with Gasteiger partial charge in [0.2, 0.25) is 0 Å². The van der Waals surface area contributed by atoms with Crippen LogP contribution in [-0.2, 0) is 0 Å². The molecule has 0 spiro atoms. The summed E-state index contributed by atoms with van der Waals surface area (Å²) in [6.45, 7) is 0. The number of hydrogen-bond donors (Lipinski definition) is 1. The van der Waals surface area contributed by atoms with Crippen LogP contribution in [0, 0.1) is 11.8 Å². The van der Waals surface area contributed by atoms with Crippen LogP contribution in [0.5, 0.6) is 0 Å². The Balaban J connectivity index is 1.79. The van der Waals surface area contributed by atoms with E-state index in [1.165, 1.54) is 19.3 Å². The highest BCUT2D eigenvalue weighted by atomic mass is 79.9. The number of benzene rings is 1. The zero-order valence-electron chi connectivity index (χ0n) is 10.5. The van der Waals surface area contributed by atoms with Gasteiger partial charge in [0.1, 0.15) is 5.76 Å². The average molecular weight is 319 g/mol. The van der Waals surface area contributed by atoms with Gasteiger partial charge in [0.15, 0.2) is 5.82 Å². The fourth-order valence-corrected chi connectivity index (χ4v) is 3.94. The van der Waals surface area contributed by atoms with Crippen LogP contribution in [0.2, 0.25) is 0 Å². The monoisotopic (exact) mass is 318 g/mol. The van der Waals surface area contributed by atoms with Crippen molar-refractivity contribution in [2.24, 2.45) is 11.8 Å². The first-order chi connectivity index (χ1) is 9.24. The zero-order chi connectivity index (χ0) is 13.0. The summed E-state index contributed by atoms with van der Waals surface area (Å²) in [5, 5.41) is 4.00. The quantitative estimate of drug-likeness (QED) is 0.902. The number of fused-ring (bicyclic) bond motifs is 1. The van der Waals surface area contributed by atoms with Gasteiger partial charge in [-0.15, -0.1) is 0 Å². The molecular weight excluding hydrogens is 304 g/mol. The maximum Gasteiger partial charge on any atom is 0.175 e. The molecular formula is C15H15BrN2O. The van der Waals surface area contributed by atoms with Crippen LogP contribution in [0.1, 0.15) is 30.9 Å². The van der Waals surface area contributed by atoms with Gasteiger partial charge in [0.25, 0.3) is 0 Å². The van der Waals surface area contributed by atoms with Gasteiger partial charge in [-0.25, -0.2) is 0 Å². The Labute approximate surface area is 120 Å². The Kier molecular flexibility index (Phi) is 2.49. The number of rotatable bonds is 2. The molecule has 2 aromatic rings. The molecule has 0 bridgehead atoms. The second-order valence-corrected chi connectivity index (χ2v) is 6.57. The van der Waals surface area contributed by atoms with Gasteiger partial charge in [-0.1, -0.05) is 39.3 Å². The van der Waals surface area contributed by atoms with Gasteiger partial charge in [0, 0.05) is 16.0 Å². The molecule has 1 heterocycles. The number of nitrogens with zero attached hydrogens (tertiary/aromatic N) is 1. The largest absolute Gasteiger partial charge is 0.380 e. The number of hydrogen-bond acceptors (Lipinski definition) is 3. The first kappa shape index (κ1) is 11.5. The van der Waals surface area contributed by atoms with Crippen LogP contribution in [-0.4, -0.2) is 5.16 Å². The normalized spacial score (nSPS) is 28.4. The summed E-state index contributed by atoms with van der Waals surface area (Å²) >= 11 is 3.59. The van der Waals surface area contributed by atoms with E-state index in [0.29, 0.717) is 11.7 Å². The standard InChI is InChI=1S/C15H15BrN2O/c16-12-4-2-1-3-11(12)13-14(19-18-15(13)17)10-6-8-5-9(8)7-10/h1-4,8-10H,5-7H2,(H2,17,18). The van der Waals surface area contributed by atoms with Crippen LogP contribution in [0.25, 0.3) is 11.1 Å². The fraction of sp³-hybridized carbons (Fsp3) is 0.400. The Hall–Kier alpha value is -1.29. The molecule has 1 aromatic heterocycles. The maximum absolute atomic E-state index is 6.03. The summed E-state index contributed by atoms with van der Waals surface area (Å²) in [5.41, 5.74) is 8.10. The van der Waals surface area contributed by atoms with E-state index in [4.69, 9.17) is 10.3 Å². The first-order valence-corrected chi connectivity index (χ1v) is 7.53. The summed E-state index contributed by atoms with van der Waals surface area (Å²) in [5.74, 6) is 3.82. The molecule has 0 amide bonds. The lowest BCUT2D eigenvalue weighted by Gasteiger charge is -2.11. The summed E-state index contributed by atoms with van der Waals surface area (Å²) in [6, 6.07) is 8.11. The van der Waals surface area contributed by atoms with Gasteiger partial charge >= 0.3 is 0 Å². The second-order valence-electron chi connectivity index (χ2n) is 5.71. The van der Waals surface area contributed by atoms with Crippen molar-refractivity contribution in [1.29, 1.82) is 0 Å². The molecule has 0 radical (unpaired) electrons. The highest BCUT2D eigenvalue weighted by Gasteiger charge is 2.48. The number of aromatic nitrogens is 1. The zero-order valence-corrected chi connectivity index (χ0v) is 12.1. The molecule has 1 aromatic carbocycles. The van der Waals surface area contributed by atoms with E-state index in [1.54, 1.807) is 0 Å². The molecule has 2 saturated carbocycles. The third-order valence-electron chi connectivity index (χ3n) is 4.50. The highest BCUT2D eigenvalue weighted by molar-refractivity contribution is 9.10. The molecule has 19 heavy (non-hydrogen) atoms. The molecule has 2 aliphatic carbocycles. The summed E-state index contributed by atoms with van der Waals surface area (Å²) in [6.07, 6.45) is 3.87. The SMILES string of the molecule is Nc1noc(C2CC3CC3C2)c1-c1ccccc1Br. The lowest BCUT2D eigenvalue weighted by molar-refractivity contribution is 0.356. The first-order valence-electron chi connectivity index (χ1n) is 6.74. The molecule has 2 fully saturated rings. The minimum atomic E-state index is 0.496. The Morgan fingerprint density at radius 3 is 2.63 bits per heavy atom. The number of anilines is 1. The Bertz CT molecular complexity index is 627. The molecule has 2 aliphatic rings. The topological polar surface area (TPSA) is 52.0 Å². The molecule has 98 valence electrons. The third kappa shape index (κ3) is 1.81. The van der Waals surface area contributed by atoms with Crippen molar-refractivity contribution in [3.05, 3.63) is 34.5 Å². The lowest BCUT2D eigenvalue weighted by Crippen LogP contribution is -1.98. The lowest BCUT2D eigenvalue weighted by atomic mass is 9.94. The van der Waals surface area contributed by atoms with Gasteiger partial charge in [-0.2, -0.15) is 0 Å². The van der Waals surface area contributed by atoms with Gasteiger partial charge < -0.3 is 10.3 Å². The van der Waals surface area contributed by atoms with E-state index in [2.05, 4.69) is 27.2 Å². The second kappa shape index (κ2) is 4.10. The van der Waals surface area contributed by atoms with Crippen LogP contribution < -0.4 is 5.73 Å². The van der Waals surface area contributed by atoms with E-state index in [1.807, 2.05) is 18.2 Å². The van der Waals surface area contributed by atoms with Crippen LogP contribution in [0.3, 0.4) is 0 Å². The summed E-state index contributed by atoms with van der Waals surface area (Å²) in [7, 11) is 0. The highest BCUT2D eigenvalue weighted by Crippen LogP contribution is 2.58. The number of nitrogen functional groups attached to an aromatic ring is 1. The van der Waals surface area contributed by atoms with Crippen LogP contribution >= 0.6 is 15.9 Å². The molecule has 4 heteroatoms. The fourth-order valence-electron chi connectivity index (χ4n) is 3.46. The van der Waals surface area contributed by atoms with Crippen LogP contribution in [0.4, 0.5) is 5.82 Å². The van der Waals surface area contributed by atoms with Crippen molar-refractivity contribution in [1.82, 2.24) is 5.16 Å². The van der Waals surface area contributed by atoms with E-state index >= 15 is 0 Å². The predicted molar refractivity (Wildman–Crippen MR) is 77.6 cm³/mol. The Morgan fingerprint density at radius 1 is 1.16 bits per heavy atom. The molecule has 2 unspecified atom stereocenters. The van der Waals surface area contributed by atoms with Gasteiger partial charge in [-0.3, -0.25) is 0 Å². The van der Waals surface area contributed by atoms with Gasteiger partial charge in [0.05, 0.1) is 5.56 Å². The molecule has 3 nitrogen and oxygen atoms in total. The van der Waals surface area contributed by atoms with Crippen molar-refractivity contribution in [2.75, 3.05) is 5.73 Å². The molecule has 4 rings (SSSR count). The maximum atomic E-state index is 6.03. The van der Waals surface area contributed by atoms with E-state index in [0.717, 1.165) is 33.2 Å². The van der Waals surface area contributed by atoms with Crippen molar-refractivity contribution >= 4 is 21.7 Å².